The van der Waals surface area contributed by atoms with Crippen LogP contribution in [-0.4, -0.2) is 39.0 Å². The van der Waals surface area contributed by atoms with Gasteiger partial charge in [-0.1, -0.05) is 0 Å². The lowest BCUT2D eigenvalue weighted by Crippen LogP contribution is -2.17. The van der Waals surface area contributed by atoms with Crippen molar-refractivity contribution in [2.24, 2.45) is 5.73 Å². The molecule has 0 saturated heterocycles. The van der Waals surface area contributed by atoms with Crippen molar-refractivity contribution in [3.8, 4) is 0 Å². The first kappa shape index (κ1) is 12.4. The zero-order valence-electron chi connectivity index (χ0n) is 7.73. The lowest BCUT2D eigenvalue weighted by molar-refractivity contribution is -0.140. The highest BCUT2D eigenvalue weighted by Crippen LogP contribution is 2.11. The van der Waals surface area contributed by atoms with Gasteiger partial charge >= 0.3 is 5.97 Å². The van der Waals surface area contributed by atoms with Crippen molar-refractivity contribution < 1.29 is 19.3 Å². The predicted octanol–water partition coefficient (Wildman–Crippen LogP) is -0.728. The van der Waals surface area contributed by atoms with Gasteiger partial charge in [-0.05, 0) is 12.2 Å². The SMILES string of the molecule is COC(=O)CC[C@H]([B]OCN)CO. The van der Waals surface area contributed by atoms with Crippen LogP contribution in [0.15, 0.2) is 0 Å². The minimum atomic E-state index is -0.292. The van der Waals surface area contributed by atoms with E-state index in [0.717, 1.165) is 0 Å². The largest absolute Gasteiger partial charge is 0.469 e. The Kier molecular flexibility index (Phi) is 7.67. The summed E-state index contributed by atoms with van der Waals surface area (Å²) in [5.74, 6) is -0.456. The molecule has 75 valence electrons. The molecule has 5 nitrogen and oxygen atoms in total. The lowest BCUT2D eigenvalue weighted by atomic mass is 9.77. The van der Waals surface area contributed by atoms with E-state index in [1.807, 2.05) is 0 Å². The number of aliphatic hydroxyl groups excluding tert-OH is 1. The van der Waals surface area contributed by atoms with Crippen molar-refractivity contribution in [1.29, 1.82) is 0 Å². The summed E-state index contributed by atoms with van der Waals surface area (Å²) in [5.41, 5.74) is 5.09. The zero-order valence-corrected chi connectivity index (χ0v) is 7.73. The van der Waals surface area contributed by atoms with Gasteiger partial charge in [-0.15, -0.1) is 0 Å². The number of esters is 1. The minimum Gasteiger partial charge on any atom is -0.469 e. The molecule has 1 radical (unpaired) electrons. The normalized spacial score (nSPS) is 12.2. The molecular formula is C7H15BNO4. The number of nitrogens with two attached hydrogens (primary N) is 1. The Morgan fingerprint density at radius 3 is 2.85 bits per heavy atom. The van der Waals surface area contributed by atoms with Crippen molar-refractivity contribution >= 4 is 13.5 Å². The third-order valence-corrected chi connectivity index (χ3v) is 1.57. The quantitative estimate of drug-likeness (QED) is 0.312. The number of hydrogen-bond donors (Lipinski definition) is 2. The second-order valence-corrected chi connectivity index (χ2v) is 2.53. The van der Waals surface area contributed by atoms with Crippen LogP contribution in [0, 0.1) is 0 Å². The summed E-state index contributed by atoms with van der Waals surface area (Å²) in [6.45, 7) is 0.0196. The van der Waals surface area contributed by atoms with Crippen LogP contribution >= 0.6 is 0 Å². The highest BCUT2D eigenvalue weighted by atomic mass is 16.5. The fourth-order valence-electron chi connectivity index (χ4n) is 0.799. The fraction of sp³-hybridized carbons (Fsp3) is 0.857. The second kappa shape index (κ2) is 8.03. The van der Waals surface area contributed by atoms with E-state index in [0.29, 0.717) is 6.42 Å². The van der Waals surface area contributed by atoms with Crippen LogP contribution in [0.5, 0.6) is 0 Å². The number of hydrogen-bond acceptors (Lipinski definition) is 5. The molecule has 0 bridgehead atoms. The summed E-state index contributed by atoms with van der Waals surface area (Å²) in [6, 6.07) is 0. The Morgan fingerprint density at radius 2 is 2.38 bits per heavy atom. The summed E-state index contributed by atoms with van der Waals surface area (Å²) in [4.78, 5) is 10.7. The number of carbonyl (C=O) groups is 1. The van der Waals surface area contributed by atoms with Crippen molar-refractivity contribution in [2.75, 3.05) is 20.4 Å². The molecule has 3 N–H and O–H groups in total. The van der Waals surface area contributed by atoms with Crippen molar-refractivity contribution in [1.82, 2.24) is 0 Å². The van der Waals surface area contributed by atoms with Crippen molar-refractivity contribution in [3.05, 3.63) is 0 Å². The number of carbonyl (C=O) groups excluding carboxylic acids is 1. The maximum Gasteiger partial charge on any atom is 0.305 e. The van der Waals surface area contributed by atoms with Crippen LogP contribution in [-0.2, 0) is 14.2 Å². The van der Waals surface area contributed by atoms with E-state index in [-0.39, 0.29) is 31.5 Å². The number of aliphatic hydroxyl groups is 1. The number of rotatable bonds is 7. The molecule has 0 aliphatic rings. The number of ether oxygens (including phenoxy) is 1. The molecule has 0 aliphatic heterocycles. The zero-order chi connectivity index (χ0) is 10.1. The van der Waals surface area contributed by atoms with Crippen molar-refractivity contribution in [2.45, 2.75) is 18.7 Å². The summed E-state index contributed by atoms with van der Waals surface area (Å²) >= 11 is 0. The van der Waals surface area contributed by atoms with Crippen LogP contribution in [0.2, 0.25) is 5.82 Å². The molecule has 0 saturated carbocycles. The Morgan fingerprint density at radius 1 is 1.69 bits per heavy atom. The monoisotopic (exact) mass is 188 g/mol. The third-order valence-electron chi connectivity index (χ3n) is 1.57. The molecule has 0 rings (SSSR count). The topological polar surface area (TPSA) is 81.8 Å². The molecule has 0 aromatic heterocycles. The van der Waals surface area contributed by atoms with Crippen molar-refractivity contribution in [3.63, 3.8) is 0 Å². The van der Waals surface area contributed by atoms with Crippen LogP contribution in [0.3, 0.4) is 0 Å². The maximum absolute atomic E-state index is 10.7. The molecule has 0 amide bonds. The van der Waals surface area contributed by atoms with Gasteiger partial charge in [-0.25, -0.2) is 0 Å². The second-order valence-electron chi connectivity index (χ2n) is 2.53. The first-order valence-corrected chi connectivity index (χ1v) is 4.07. The lowest BCUT2D eigenvalue weighted by Gasteiger charge is -2.10. The van der Waals surface area contributed by atoms with Gasteiger partial charge in [0.1, 0.15) is 0 Å². The Hall–Kier alpha value is -0.585. The van der Waals surface area contributed by atoms with E-state index >= 15 is 0 Å². The van der Waals surface area contributed by atoms with E-state index in [2.05, 4.69) is 4.74 Å². The summed E-state index contributed by atoms with van der Waals surface area (Å²) < 4.78 is 9.24. The standard InChI is InChI=1S/C7H15BNO4/c1-12-7(11)3-2-6(4-10)8-13-5-9/h6,10H,2-5,9H2,1H3/t6-/m0/s1. The van der Waals surface area contributed by atoms with E-state index in [1.165, 1.54) is 14.6 Å². The van der Waals surface area contributed by atoms with E-state index in [4.69, 9.17) is 15.5 Å². The van der Waals surface area contributed by atoms with Gasteiger partial charge in [-0.3, -0.25) is 4.79 Å². The molecule has 0 aromatic carbocycles. The van der Waals surface area contributed by atoms with Crippen LogP contribution in [0.1, 0.15) is 12.8 Å². The average Bonchev–Trinajstić information content (AvgIpc) is 2.17. The molecule has 0 aromatic rings. The summed E-state index contributed by atoms with van der Waals surface area (Å²) in [6.07, 6.45) is 0.773. The maximum atomic E-state index is 10.7. The molecule has 0 spiro atoms. The average molecular weight is 188 g/mol. The fourth-order valence-corrected chi connectivity index (χ4v) is 0.799. The van der Waals surface area contributed by atoms with Gasteiger partial charge in [0.25, 0.3) is 7.48 Å². The summed E-state index contributed by atoms with van der Waals surface area (Å²) in [5, 5.41) is 8.83. The van der Waals surface area contributed by atoms with Gasteiger partial charge in [0, 0.05) is 13.0 Å². The Labute approximate surface area is 78.5 Å². The highest BCUT2D eigenvalue weighted by molar-refractivity contribution is 6.29. The minimum absolute atomic E-state index is 0.0585. The van der Waals surface area contributed by atoms with Crippen LogP contribution in [0.25, 0.3) is 0 Å². The van der Waals surface area contributed by atoms with Gasteiger partial charge in [0.2, 0.25) is 0 Å². The van der Waals surface area contributed by atoms with Crippen LogP contribution in [0.4, 0.5) is 0 Å². The smallest absolute Gasteiger partial charge is 0.305 e. The number of methoxy groups -OCH3 is 1. The Balaban J connectivity index is 3.52. The molecule has 0 aliphatic carbocycles. The van der Waals surface area contributed by atoms with Gasteiger partial charge in [-0.2, -0.15) is 0 Å². The Bertz CT molecular complexity index is 144. The van der Waals surface area contributed by atoms with E-state index in [1.54, 1.807) is 0 Å². The molecule has 6 heteroatoms. The molecular weight excluding hydrogens is 173 g/mol. The van der Waals surface area contributed by atoms with E-state index < -0.39 is 0 Å². The summed E-state index contributed by atoms with van der Waals surface area (Å²) in [7, 11) is 2.78. The predicted molar refractivity (Wildman–Crippen MR) is 48.0 cm³/mol. The third kappa shape index (κ3) is 6.56. The molecule has 1 atom stereocenters. The van der Waals surface area contributed by atoms with Gasteiger partial charge in [0.05, 0.1) is 13.8 Å². The molecule has 13 heavy (non-hydrogen) atoms. The van der Waals surface area contributed by atoms with Crippen LogP contribution < -0.4 is 5.73 Å². The molecule has 0 heterocycles. The first-order chi connectivity index (χ1) is 6.24. The van der Waals surface area contributed by atoms with Gasteiger partial charge < -0.3 is 20.2 Å². The molecule has 0 fully saturated rings. The van der Waals surface area contributed by atoms with Gasteiger partial charge in [0.15, 0.2) is 0 Å². The highest BCUT2D eigenvalue weighted by Gasteiger charge is 2.12. The first-order valence-electron chi connectivity index (χ1n) is 4.07. The molecule has 0 unspecified atom stereocenters. The van der Waals surface area contributed by atoms with E-state index in [9.17, 15) is 4.79 Å².